The van der Waals surface area contributed by atoms with E-state index in [4.69, 9.17) is 4.42 Å². The lowest BCUT2D eigenvalue weighted by atomic mass is 10.0. The number of fused-ring (bicyclic) bond motifs is 3. The lowest BCUT2D eigenvalue weighted by molar-refractivity contribution is 0.563. The first-order chi connectivity index (χ1) is 14.3. The summed E-state index contributed by atoms with van der Waals surface area (Å²) in [6, 6.07) is 23.4. The highest BCUT2D eigenvalue weighted by Crippen LogP contribution is 2.29. The molecular formula is C23H15N3O2S. The minimum atomic E-state index is -0.405. The second-order valence-corrected chi connectivity index (χ2v) is 7.32. The van der Waals surface area contributed by atoms with E-state index in [2.05, 4.69) is 15.5 Å². The van der Waals surface area contributed by atoms with Gasteiger partial charge in [0.2, 0.25) is 5.13 Å². The van der Waals surface area contributed by atoms with Gasteiger partial charge in [0, 0.05) is 10.8 Å². The summed E-state index contributed by atoms with van der Waals surface area (Å²) in [5, 5.41) is 9.65. The summed E-state index contributed by atoms with van der Waals surface area (Å²) in [4.78, 5) is 17.0. The molecule has 0 aliphatic rings. The fourth-order valence-electron chi connectivity index (χ4n) is 3.20. The van der Waals surface area contributed by atoms with E-state index in [9.17, 15) is 4.79 Å². The number of nitrogens with one attached hydrogen (secondary N) is 1. The third kappa shape index (κ3) is 3.41. The van der Waals surface area contributed by atoms with E-state index in [-0.39, 0.29) is 0 Å². The van der Waals surface area contributed by atoms with Crippen molar-refractivity contribution in [2.24, 2.45) is 5.10 Å². The monoisotopic (exact) mass is 397 g/mol. The molecule has 1 N–H and O–H groups in total. The Labute approximate surface area is 170 Å². The van der Waals surface area contributed by atoms with E-state index in [0.29, 0.717) is 22.0 Å². The first-order valence-corrected chi connectivity index (χ1v) is 9.91. The first-order valence-electron chi connectivity index (χ1n) is 9.03. The molecule has 0 bridgehead atoms. The Bertz CT molecular complexity index is 1400. The number of hydrogen-bond donors (Lipinski definition) is 1. The minimum absolute atomic E-state index is 0.405. The van der Waals surface area contributed by atoms with Gasteiger partial charge in [-0.3, -0.25) is 5.43 Å². The number of nitrogens with zero attached hydrogens (tertiary/aromatic N) is 2. The molecule has 29 heavy (non-hydrogen) atoms. The van der Waals surface area contributed by atoms with Crippen LogP contribution in [0.2, 0.25) is 0 Å². The van der Waals surface area contributed by atoms with Crippen molar-refractivity contribution < 1.29 is 4.42 Å². The fraction of sp³-hybridized carbons (Fsp3) is 0. The molecule has 5 nitrogen and oxygen atoms in total. The second kappa shape index (κ2) is 7.33. The second-order valence-electron chi connectivity index (χ2n) is 6.46. The summed E-state index contributed by atoms with van der Waals surface area (Å²) >= 11 is 1.38. The van der Waals surface area contributed by atoms with Gasteiger partial charge in [-0.05, 0) is 28.5 Å². The molecule has 0 radical (unpaired) electrons. The average molecular weight is 397 g/mol. The van der Waals surface area contributed by atoms with Gasteiger partial charge in [0.1, 0.15) is 5.58 Å². The topological polar surface area (TPSA) is 67.5 Å². The van der Waals surface area contributed by atoms with Crippen molar-refractivity contribution in [2.75, 3.05) is 5.43 Å². The molecule has 0 amide bonds. The number of anilines is 1. The zero-order valence-electron chi connectivity index (χ0n) is 15.2. The van der Waals surface area contributed by atoms with Gasteiger partial charge in [0.15, 0.2) is 0 Å². The molecular weight excluding hydrogens is 382 g/mol. The Kier molecular flexibility index (Phi) is 4.38. The largest absolute Gasteiger partial charge is 0.422 e. The highest BCUT2D eigenvalue weighted by Gasteiger charge is 2.13. The summed E-state index contributed by atoms with van der Waals surface area (Å²) in [5.74, 6) is 0. The van der Waals surface area contributed by atoms with Crippen LogP contribution in [-0.4, -0.2) is 11.2 Å². The van der Waals surface area contributed by atoms with Crippen LogP contribution in [0.1, 0.15) is 5.56 Å². The molecule has 140 valence electrons. The molecule has 2 aromatic heterocycles. The van der Waals surface area contributed by atoms with Crippen LogP contribution >= 0.6 is 11.3 Å². The molecule has 0 aliphatic carbocycles. The van der Waals surface area contributed by atoms with Gasteiger partial charge in [-0.25, -0.2) is 9.78 Å². The van der Waals surface area contributed by atoms with Crippen LogP contribution < -0.4 is 11.1 Å². The van der Waals surface area contributed by atoms with Gasteiger partial charge >= 0.3 is 5.63 Å². The highest BCUT2D eigenvalue weighted by molar-refractivity contribution is 7.14. The molecule has 3 aromatic carbocycles. The Morgan fingerprint density at radius 2 is 1.79 bits per heavy atom. The van der Waals surface area contributed by atoms with Crippen molar-refractivity contribution >= 4 is 44.4 Å². The van der Waals surface area contributed by atoms with Crippen molar-refractivity contribution in [1.82, 2.24) is 4.98 Å². The Balaban J connectivity index is 1.49. The van der Waals surface area contributed by atoms with E-state index >= 15 is 0 Å². The van der Waals surface area contributed by atoms with E-state index in [1.165, 1.54) is 11.3 Å². The maximum absolute atomic E-state index is 12.5. The Morgan fingerprint density at radius 3 is 2.69 bits per heavy atom. The zero-order chi connectivity index (χ0) is 19.6. The number of rotatable bonds is 4. The summed E-state index contributed by atoms with van der Waals surface area (Å²) in [6.07, 6.45) is 1.72. The molecule has 5 rings (SSSR count). The fourth-order valence-corrected chi connectivity index (χ4v) is 3.86. The predicted octanol–water partition coefficient (Wildman–Crippen LogP) is 5.52. The molecule has 2 heterocycles. The van der Waals surface area contributed by atoms with Crippen LogP contribution in [0, 0.1) is 0 Å². The summed E-state index contributed by atoms with van der Waals surface area (Å²) in [6.45, 7) is 0. The SMILES string of the molecule is O=c1oc2ccc3ccccc3c2cc1-c1csc(N/N=C/c2ccccc2)n1. The lowest BCUT2D eigenvalue weighted by Gasteiger charge is -2.04. The van der Waals surface area contributed by atoms with Gasteiger partial charge in [-0.2, -0.15) is 5.10 Å². The third-order valence-corrected chi connectivity index (χ3v) is 5.34. The number of aromatic nitrogens is 1. The first kappa shape index (κ1) is 17.3. The normalized spacial score (nSPS) is 11.4. The molecule has 0 fully saturated rings. The van der Waals surface area contributed by atoms with Crippen LogP contribution in [0.25, 0.3) is 33.0 Å². The van der Waals surface area contributed by atoms with Gasteiger partial charge in [0.05, 0.1) is 17.5 Å². The van der Waals surface area contributed by atoms with Crippen LogP contribution in [-0.2, 0) is 0 Å². The molecule has 0 aliphatic heterocycles. The maximum atomic E-state index is 12.5. The molecule has 6 heteroatoms. The molecule has 0 unspecified atom stereocenters. The van der Waals surface area contributed by atoms with Crippen molar-refractivity contribution in [3.05, 3.63) is 94.2 Å². The lowest BCUT2D eigenvalue weighted by Crippen LogP contribution is -2.03. The maximum Gasteiger partial charge on any atom is 0.345 e. The summed E-state index contributed by atoms with van der Waals surface area (Å²) in [7, 11) is 0. The van der Waals surface area contributed by atoms with Crippen LogP contribution in [0.5, 0.6) is 0 Å². The summed E-state index contributed by atoms with van der Waals surface area (Å²) in [5.41, 5.74) is 5.06. The van der Waals surface area contributed by atoms with Gasteiger partial charge < -0.3 is 4.42 Å². The van der Waals surface area contributed by atoms with Crippen LogP contribution in [0.4, 0.5) is 5.13 Å². The van der Waals surface area contributed by atoms with E-state index in [1.807, 2.05) is 78.2 Å². The molecule has 0 atom stereocenters. The molecule has 5 aromatic rings. The van der Waals surface area contributed by atoms with Gasteiger partial charge in [0.25, 0.3) is 0 Å². The molecule has 0 saturated carbocycles. The average Bonchev–Trinajstić information content (AvgIpc) is 3.22. The van der Waals surface area contributed by atoms with Crippen molar-refractivity contribution in [2.45, 2.75) is 0 Å². The van der Waals surface area contributed by atoms with Crippen LogP contribution in [0.3, 0.4) is 0 Å². The van der Waals surface area contributed by atoms with E-state index in [1.54, 1.807) is 6.21 Å². The van der Waals surface area contributed by atoms with Crippen molar-refractivity contribution in [3.8, 4) is 11.3 Å². The highest BCUT2D eigenvalue weighted by atomic mass is 32.1. The van der Waals surface area contributed by atoms with Crippen LogP contribution in [0.15, 0.2) is 92.5 Å². The van der Waals surface area contributed by atoms with E-state index in [0.717, 1.165) is 21.7 Å². The number of hydrazone groups is 1. The van der Waals surface area contributed by atoms with Gasteiger partial charge in [-0.1, -0.05) is 60.7 Å². The predicted molar refractivity (Wildman–Crippen MR) is 119 cm³/mol. The van der Waals surface area contributed by atoms with Crippen molar-refractivity contribution in [3.63, 3.8) is 0 Å². The van der Waals surface area contributed by atoms with Crippen molar-refractivity contribution in [1.29, 1.82) is 0 Å². The Morgan fingerprint density at radius 1 is 0.966 bits per heavy atom. The summed E-state index contributed by atoms with van der Waals surface area (Å²) < 4.78 is 5.56. The standard InChI is InChI=1S/C23H15N3O2S/c27-22-19(12-18-17-9-5-4-8-16(17)10-11-21(18)28-22)20-14-29-23(25-20)26-24-13-15-6-2-1-3-7-15/h1-14H,(H,25,26)/b24-13+. The van der Waals surface area contributed by atoms with Gasteiger partial charge in [-0.15, -0.1) is 11.3 Å². The Hall–Kier alpha value is -3.77. The number of thiazole rings is 1. The third-order valence-electron chi connectivity index (χ3n) is 4.60. The number of hydrogen-bond acceptors (Lipinski definition) is 6. The molecule has 0 spiro atoms. The number of benzene rings is 3. The zero-order valence-corrected chi connectivity index (χ0v) is 16.0. The molecule has 0 saturated heterocycles. The quantitative estimate of drug-likeness (QED) is 0.188. The van der Waals surface area contributed by atoms with E-state index < -0.39 is 5.63 Å². The minimum Gasteiger partial charge on any atom is -0.422 e. The smallest absolute Gasteiger partial charge is 0.345 e.